The van der Waals surface area contributed by atoms with Crippen molar-refractivity contribution in [1.82, 2.24) is 9.97 Å². The summed E-state index contributed by atoms with van der Waals surface area (Å²) in [6.45, 7) is 4.74. The van der Waals surface area contributed by atoms with E-state index in [0.717, 1.165) is 34.9 Å². The van der Waals surface area contributed by atoms with Crippen molar-refractivity contribution in [2.75, 3.05) is 11.9 Å². The number of ketones is 1. The molecule has 0 saturated heterocycles. The Hall–Kier alpha value is -3.26. The van der Waals surface area contributed by atoms with Gasteiger partial charge in [-0.25, -0.2) is 4.98 Å². The van der Waals surface area contributed by atoms with Crippen LogP contribution in [0.4, 0.5) is 5.82 Å². The van der Waals surface area contributed by atoms with Crippen LogP contribution in [0.2, 0.25) is 0 Å². The van der Waals surface area contributed by atoms with Crippen LogP contribution in [0.25, 0.3) is 10.9 Å². The highest BCUT2D eigenvalue weighted by Gasteiger charge is 2.09. The molecule has 0 radical (unpaired) electrons. The number of nitrogens with zero attached hydrogens (tertiary/aromatic N) is 3. The van der Waals surface area contributed by atoms with E-state index in [1.54, 1.807) is 24.5 Å². The third kappa shape index (κ3) is 4.48. The molecule has 5 heteroatoms. The second-order valence-electron chi connectivity index (χ2n) is 6.69. The lowest BCUT2D eigenvalue weighted by Crippen LogP contribution is -2.07. The summed E-state index contributed by atoms with van der Waals surface area (Å²) in [5.41, 5.74) is 4.41. The number of nitriles is 1. The standard InChI is InChI=1S/C22H22N4O/c1-15-11-16(2)19-13-18(14-23)22(26-20(19)12-15)25-8-4-3-5-21(27)17-6-9-24-10-7-17/h6-7,9-13H,3-5,8H2,1-2H3,(H,25,26). The minimum atomic E-state index is 0.130. The Bertz CT molecular complexity index is 1010. The van der Waals surface area contributed by atoms with Gasteiger partial charge in [0, 0.05) is 36.3 Å². The molecule has 0 spiro atoms. The van der Waals surface area contributed by atoms with Crippen molar-refractivity contribution in [2.45, 2.75) is 33.1 Å². The van der Waals surface area contributed by atoms with Gasteiger partial charge in [0.05, 0.1) is 11.1 Å². The largest absolute Gasteiger partial charge is 0.369 e. The van der Waals surface area contributed by atoms with E-state index in [1.807, 2.05) is 26.0 Å². The monoisotopic (exact) mass is 358 g/mol. The number of anilines is 1. The summed E-state index contributed by atoms with van der Waals surface area (Å²) in [5, 5.41) is 13.7. The van der Waals surface area contributed by atoms with Gasteiger partial charge in [0.25, 0.3) is 0 Å². The average Bonchev–Trinajstić information content (AvgIpc) is 2.67. The fraction of sp³-hybridized carbons (Fsp3) is 0.273. The van der Waals surface area contributed by atoms with Crippen molar-refractivity contribution >= 4 is 22.5 Å². The molecule has 1 aromatic carbocycles. The van der Waals surface area contributed by atoms with Crippen LogP contribution in [0, 0.1) is 25.2 Å². The highest BCUT2D eigenvalue weighted by Crippen LogP contribution is 2.24. The van der Waals surface area contributed by atoms with Crippen LogP contribution >= 0.6 is 0 Å². The van der Waals surface area contributed by atoms with Crippen LogP contribution in [-0.2, 0) is 0 Å². The van der Waals surface area contributed by atoms with E-state index in [9.17, 15) is 10.1 Å². The highest BCUT2D eigenvalue weighted by atomic mass is 16.1. The van der Waals surface area contributed by atoms with Gasteiger partial charge >= 0.3 is 0 Å². The molecule has 0 amide bonds. The van der Waals surface area contributed by atoms with E-state index in [2.05, 4.69) is 27.4 Å². The molecule has 2 heterocycles. The molecule has 1 N–H and O–H groups in total. The highest BCUT2D eigenvalue weighted by molar-refractivity contribution is 5.95. The van der Waals surface area contributed by atoms with Crippen molar-refractivity contribution in [3.63, 3.8) is 0 Å². The number of nitrogens with one attached hydrogen (secondary N) is 1. The number of unbranched alkanes of at least 4 members (excludes halogenated alkanes) is 1. The molecule has 3 rings (SSSR count). The minimum absolute atomic E-state index is 0.130. The number of pyridine rings is 2. The van der Waals surface area contributed by atoms with E-state index < -0.39 is 0 Å². The van der Waals surface area contributed by atoms with E-state index in [-0.39, 0.29) is 5.78 Å². The summed E-state index contributed by atoms with van der Waals surface area (Å²) in [7, 11) is 0. The number of Topliss-reactive ketones (excluding diaryl/α,β-unsaturated/α-hetero) is 1. The van der Waals surface area contributed by atoms with Crippen LogP contribution in [0.15, 0.2) is 42.7 Å². The first-order chi connectivity index (χ1) is 13.1. The lowest BCUT2D eigenvalue weighted by atomic mass is 10.0. The predicted molar refractivity (Wildman–Crippen MR) is 107 cm³/mol. The molecule has 0 saturated carbocycles. The van der Waals surface area contributed by atoms with Gasteiger partial charge < -0.3 is 5.32 Å². The maximum Gasteiger partial charge on any atom is 0.162 e. The Morgan fingerprint density at radius 1 is 1.15 bits per heavy atom. The number of rotatable bonds is 7. The molecule has 0 unspecified atom stereocenters. The van der Waals surface area contributed by atoms with Gasteiger partial charge in [0.15, 0.2) is 5.78 Å². The molecular weight excluding hydrogens is 336 g/mol. The smallest absolute Gasteiger partial charge is 0.162 e. The molecule has 0 fully saturated rings. The van der Waals surface area contributed by atoms with Gasteiger partial charge in [-0.15, -0.1) is 0 Å². The Morgan fingerprint density at radius 3 is 2.67 bits per heavy atom. The fourth-order valence-electron chi connectivity index (χ4n) is 3.15. The van der Waals surface area contributed by atoms with E-state index >= 15 is 0 Å². The lowest BCUT2D eigenvalue weighted by Gasteiger charge is -2.10. The molecule has 2 aromatic heterocycles. The van der Waals surface area contributed by atoms with E-state index in [0.29, 0.717) is 29.9 Å². The maximum absolute atomic E-state index is 12.1. The van der Waals surface area contributed by atoms with Gasteiger partial charge in [0.2, 0.25) is 0 Å². The van der Waals surface area contributed by atoms with Gasteiger partial charge in [0.1, 0.15) is 11.9 Å². The Labute approximate surface area is 159 Å². The summed E-state index contributed by atoms with van der Waals surface area (Å²) >= 11 is 0. The molecular formula is C22H22N4O. The van der Waals surface area contributed by atoms with Crippen LogP contribution < -0.4 is 5.32 Å². The number of aromatic nitrogens is 2. The zero-order valence-corrected chi connectivity index (χ0v) is 15.6. The Morgan fingerprint density at radius 2 is 1.93 bits per heavy atom. The van der Waals surface area contributed by atoms with Gasteiger partial charge in [-0.1, -0.05) is 6.07 Å². The number of hydrogen-bond acceptors (Lipinski definition) is 5. The number of carbonyl (C=O) groups is 1. The first-order valence-corrected chi connectivity index (χ1v) is 9.07. The van der Waals surface area contributed by atoms with Gasteiger partial charge in [-0.3, -0.25) is 9.78 Å². The predicted octanol–water partition coefficient (Wildman–Crippen LogP) is 4.58. The lowest BCUT2D eigenvalue weighted by molar-refractivity contribution is 0.0979. The molecule has 0 aliphatic rings. The normalized spacial score (nSPS) is 10.6. The number of carbonyl (C=O) groups excluding carboxylic acids is 1. The molecule has 0 atom stereocenters. The van der Waals surface area contributed by atoms with Crippen molar-refractivity contribution in [3.05, 3.63) is 65.0 Å². The summed E-state index contributed by atoms with van der Waals surface area (Å²) in [6, 6.07) is 11.7. The quantitative estimate of drug-likeness (QED) is 0.494. The van der Waals surface area contributed by atoms with Gasteiger partial charge in [-0.2, -0.15) is 5.26 Å². The van der Waals surface area contributed by atoms with Crippen LogP contribution in [0.3, 0.4) is 0 Å². The van der Waals surface area contributed by atoms with Crippen molar-refractivity contribution in [3.8, 4) is 6.07 Å². The first kappa shape index (κ1) is 18.5. The van der Waals surface area contributed by atoms with Crippen molar-refractivity contribution in [2.24, 2.45) is 0 Å². The number of hydrogen-bond donors (Lipinski definition) is 1. The molecule has 3 aromatic rings. The van der Waals surface area contributed by atoms with E-state index in [1.165, 1.54) is 0 Å². The second-order valence-corrected chi connectivity index (χ2v) is 6.69. The van der Waals surface area contributed by atoms with Crippen LogP contribution in [-0.4, -0.2) is 22.3 Å². The van der Waals surface area contributed by atoms with Gasteiger partial charge in [-0.05, 0) is 62.1 Å². The number of fused-ring (bicyclic) bond motifs is 1. The maximum atomic E-state index is 12.1. The molecule has 0 aliphatic heterocycles. The number of aryl methyl sites for hydroxylation is 2. The summed E-state index contributed by atoms with van der Waals surface area (Å²) < 4.78 is 0. The van der Waals surface area contributed by atoms with Crippen LogP contribution in [0.1, 0.15) is 46.3 Å². The zero-order chi connectivity index (χ0) is 19.2. The molecule has 5 nitrogen and oxygen atoms in total. The van der Waals surface area contributed by atoms with Crippen molar-refractivity contribution in [1.29, 1.82) is 5.26 Å². The summed E-state index contributed by atoms with van der Waals surface area (Å²) in [6.07, 6.45) is 5.37. The molecule has 0 aliphatic carbocycles. The van der Waals surface area contributed by atoms with Crippen LogP contribution in [0.5, 0.6) is 0 Å². The second kappa shape index (κ2) is 8.41. The summed E-state index contributed by atoms with van der Waals surface area (Å²) in [4.78, 5) is 20.6. The molecule has 136 valence electrons. The fourth-order valence-corrected chi connectivity index (χ4v) is 3.15. The molecule has 27 heavy (non-hydrogen) atoms. The zero-order valence-electron chi connectivity index (χ0n) is 15.6. The molecule has 0 bridgehead atoms. The van der Waals surface area contributed by atoms with E-state index in [4.69, 9.17) is 0 Å². The summed E-state index contributed by atoms with van der Waals surface area (Å²) in [5.74, 6) is 0.736. The first-order valence-electron chi connectivity index (χ1n) is 9.07. The Kier molecular flexibility index (Phi) is 5.77. The number of benzene rings is 1. The van der Waals surface area contributed by atoms with Crippen molar-refractivity contribution < 1.29 is 4.79 Å². The third-order valence-corrected chi connectivity index (χ3v) is 4.53. The average molecular weight is 358 g/mol. The SMILES string of the molecule is Cc1cc(C)c2cc(C#N)c(NCCCCC(=O)c3ccncc3)nc2c1. The third-order valence-electron chi connectivity index (χ3n) is 4.53. The topological polar surface area (TPSA) is 78.7 Å². The Balaban J connectivity index is 1.60. The minimum Gasteiger partial charge on any atom is -0.369 e.